The van der Waals surface area contributed by atoms with Gasteiger partial charge in [0, 0.05) is 9.50 Å². The lowest BCUT2D eigenvalue weighted by Crippen LogP contribution is -1.91. The van der Waals surface area contributed by atoms with Crippen LogP contribution >= 0.6 is 27.5 Å². The second-order valence-electron chi connectivity index (χ2n) is 3.70. The highest BCUT2D eigenvalue weighted by atomic mass is 79.9. The van der Waals surface area contributed by atoms with Crippen molar-refractivity contribution in [1.29, 1.82) is 0 Å². The minimum absolute atomic E-state index is 0.339. The summed E-state index contributed by atoms with van der Waals surface area (Å²) in [7, 11) is 0. The average molecular weight is 316 g/mol. The summed E-state index contributed by atoms with van der Waals surface area (Å²) in [6.07, 6.45) is 0.523. The molecule has 0 aliphatic carbocycles. The van der Waals surface area contributed by atoms with Gasteiger partial charge in [-0.1, -0.05) is 33.6 Å². The van der Waals surface area contributed by atoms with Crippen molar-refractivity contribution in [2.45, 2.75) is 6.42 Å². The molecule has 1 N–H and O–H groups in total. The molecule has 0 saturated carbocycles. The Morgan fingerprint density at radius 1 is 1.18 bits per heavy atom. The lowest BCUT2D eigenvalue weighted by molar-refractivity contribution is 0.432. The number of aromatic hydroxyl groups is 1. The van der Waals surface area contributed by atoms with Crippen LogP contribution in [0.15, 0.2) is 40.9 Å². The van der Waals surface area contributed by atoms with Crippen molar-refractivity contribution in [3.63, 3.8) is 0 Å². The normalized spacial score (nSPS) is 10.5. The van der Waals surface area contributed by atoms with Gasteiger partial charge < -0.3 is 5.11 Å². The van der Waals surface area contributed by atoms with E-state index < -0.39 is 5.82 Å². The van der Waals surface area contributed by atoms with E-state index in [4.69, 9.17) is 16.7 Å². The fourth-order valence-corrected chi connectivity index (χ4v) is 2.15. The van der Waals surface area contributed by atoms with Gasteiger partial charge in [0.05, 0.1) is 0 Å². The Hall–Kier alpha value is -1.06. The van der Waals surface area contributed by atoms with Crippen LogP contribution in [0.3, 0.4) is 0 Å². The third kappa shape index (κ3) is 2.99. The molecule has 0 radical (unpaired) electrons. The minimum atomic E-state index is -0.617. The zero-order chi connectivity index (χ0) is 12.4. The van der Waals surface area contributed by atoms with Crippen molar-refractivity contribution >= 4 is 27.5 Å². The summed E-state index contributed by atoms with van der Waals surface area (Å²) < 4.78 is 14.1. The molecule has 0 spiro atoms. The van der Waals surface area contributed by atoms with E-state index in [1.807, 2.05) is 12.1 Å². The lowest BCUT2D eigenvalue weighted by Gasteiger charge is -2.06. The summed E-state index contributed by atoms with van der Waals surface area (Å²) in [5.74, 6) is -0.956. The van der Waals surface area contributed by atoms with Crippen LogP contribution in [0.5, 0.6) is 5.75 Å². The maximum Gasteiger partial charge on any atom is 0.165 e. The zero-order valence-corrected chi connectivity index (χ0v) is 11.1. The van der Waals surface area contributed by atoms with Crippen molar-refractivity contribution in [3.05, 3.63) is 62.8 Å². The van der Waals surface area contributed by atoms with Gasteiger partial charge >= 0.3 is 0 Å². The Morgan fingerprint density at radius 2 is 1.94 bits per heavy atom. The van der Waals surface area contributed by atoms with Crippen LogP contribution in [0.4, 0.5) is 4.39 Å². The van der Waals surface area contributed by atoms with Crippen LogP contribution in [0, 0.1) is 5.82 Å². The molecule has 0 atom stereocenters. The maximum atomic E-state index is 13.2. The average Bonchev–Trinajstić information content (AvgIpc) is 2.29. The molecular formula is C13H9BrClFO. The van der Waals surface area contributed by atoms with Crippen molar-refractivity contribution in [1.82, 2.24) is 0 Å². The van der Waals surface area contributed by atoms with Crippen LogP contribution in [0.2, 0.25) is 5.02 Å². The molecule has 0 fully saturated rings. The largest absolute Gasteiger partial charge is 0.505 e. The van der Waals surface area contributed by atoms with Gasteiger partial charge in [-0.15, -0.1) is 0 Å². The molecule has 0 aliphatic heterocycles. The Kier molecular flexibility index (Phi) is 3.69. The van der Waals surface area contributed by atoms with Gasteiger partial charge in [0.1, 0.15) is 0 Å². The molecule has 0 unspecified atom stereocenters. The van der Waals surface area contributed by atoms with E-state index in [2.05, 4.69) is 15.9 Å². The molecule has 0 aromatic heterocycles. The first-order valence-corrected chi connectivity index (χ1v) is 6.14. The van der Waals surface area contributed by atoms with Gasteiger partial charge in [0.25, 0.3) is 0 Å². The monoisotopic (exact) mass is 314 g/mol. The molecule has 17 heavy (non-hydrogen) atoms. The van der Waals surface area contributed by atoms with Gasteiger partial charge in [0.2, 0.25) is 0 Å². The van der Waals surface area contributed by atoms with Crippen LogP contribution < -0.4 is 0 Å². The fraction of sp³-hybridized carbons (Fsp3) is 0.0769. The van der Waals surface area contributed by atoms with E-state index in [0.717, 1.165) is 15.6 Å². The first-order valence-electron chi connectivity index (χ1n) is 4.97. The summed E-state index contributed by atoms with van der Waals surface area (Å²) in [6.45, 7) is 0. The second-order valence-corrected chi connectivity index (χ2v) is 5.02. The number of phenols is 1. The highest BCUT2D eigenvalue weighted by molar-refractivity contribution is 9.10. The van der Waals surface area contributed by atoms with Crippen LogP contribution in [0.25, 0.3) is 0 Å². The van der Waals surface area contributed by atoms with E-state index in [1.54, 1.807) is 12.1 Å². The zero-order valence-electron chi connectivity index (χ0n) is 8.75. The Bertz CT molecular complexity index is 557. The predicted octanol–water partition coefficient (Wildman–Crippen LogP) is 4.54. The van der Waals surface area contributed by atoms with Gasteiger partial charge in [-0.2, -0.15) is 0 Å². The van der Waals surface area contributed by atoms with Gasteiger partial charge in [0.15, 0.2) is 11.6 Å². The van der Waals surface area contributed by atoms with Gasteiger partial charge in [-0.3, -0.25) is 0 Å². The summed E-state index contributed by atoms with van der Waals surface area (Å²) in [5.41, 5.74) is 1.67. The van der Waals surface area contributed by atoms with Crippen LogP contribution in [-0.4, -0.2) is 5.11 Å². The molecule has 2 aromatic rings. The molecule has 0 heterocycles. The SMILES string of the molecule is Oc1ccc(Cc2cc(Br)ccc2Cl)cc1F. The molecule has 4 heteroatoms. The van der Waals surface area contributed by atoms with E-state index in [9.17, 15) is 4.39 Å². The van der Waals surface area contributed by atoms with Gasteiger partial charge in [-0.25, -0.2) is 4.39 Å². The summed E-state index contributed by atoms with van der Waals surface area (Å²) >= 11 is 9.42. The standard InChI is InChI=1S/C13H9BrClFO/c14-10-2-3-11(15)9(7-10)5-8-1-4-13(17)12(16)6-8/h1-4,6-7,17H,5H2. The molecule has 2 aromatic carbocycles. The summed E-state index contributed by atoms with van der Waals surface area (Å²) in [6, 6.07) is 9.87. The van der Waals surface area contributed by atoms with Gasteiger partial charge in [-0.05, 0) is 47.9 Å². The topological polar surface area (TPSA) is 20.2 Å². The maximum absolute atomic E-state index is 13.2. The Balaban J connectivity index is 2.31. The third-order valence-corrected chi connectivity index (χ3v) is 3.28. The smallest absolute Gasteiger partial charge is 0.165 e. The predicted molar refractivity (Wildman–Crippen MR) is 70.0 cm³/mol. The van der Waals surface area contributed by atoms with Crippen molar-refractivity contribution in [2.24, 2.45) is 0 Å². The minimum Gasteiger partial charge on any atom is -0.505 e. The van der Waals surface area contributed by atoms with Crippen molar-refractivity contribution in [2.75, 3.05) is 0 Å². The number of rotatable bonds is 2. The van der Waals surface area contributed by atoms with E-state index >= 15 is 0 Å². The van der Waals surface area contributed by atoms with Crippen LogP contribution in [0.1, 0.15) is 11.1 Å². The number of hydrogen-bond acceptors (Lipinski definition) is 1. The van der Waals surface area contributed by atoms with Crippen LogP contribution in [-0.2, 0) is 6.42 Å². The number of hydrogen-bond donors (Lipinski definition) is 1. The van der Waals surface area contributed by atoms with Crippen molar-refractivity contribution in [3.8, 4) is 5.75 Å². The van der Waals surface area contributed by atoms with E-state index in [1.165, 1.54) is 12.1 Å². The molecule has 2 rings (SSSR count). The molecule has 0 bridgehead atoms. The molecular weight excluding hydrogens is 306 g/mol. The van der Waals surface area contributed by atoms with Crippen molar-refractivity contribution < 1.29 is 9.50 Å². The summed E-state index contributed by atoms with van der Waals surface area (Å²) in [5, 5.41) is 9.74. The quantitative estimate of drug-likeness (QED) is 0.863. The summed E-state index contributed by atoms with van der Waals surface area (Å²) in [4.78, 5) is 0. The highest BCUT2D eigenvalue weighted by Crippen LogP contribution is 2.25. The molecule has 0 amide bonds. The fourth-order valence-electron chi connectivity index (χ4n) is 1.56. The van der Waals surface area contributed by atoms with E-state index in [-0.39, 0.29) is 5.75 Å². The molecule has 0 saturated heterocycles. The first kappa shape index (κ1) is 12.4. The Labute approximate surface area is 112 Å². The lowest BCUT2D eigenvalue weighted by atomic mass is 10.0. The second kappa shape index (κ2) is 5.07. The first-order chi connectivity index (χ1) is 8.06. The third-order valence-electron chi connectivity index (χ3n) is 2.41. The number of phenolic OH excluding ortho intramolecular Hbond substituents is 1. The molecule has 0 aliphatic rings. The number of benzene rings is 2. The highest BCUT2D eigenvalue weighted by Gasteiger charge is 2.06. The molecule has 88 valence electrons. The Morgan fingerprint density at radius 3 is 2.65 bits per heavy atom. The number of halogens is 3. The van der Waals surface area contributed by atoms with E-state index in [0.29, 0.717) is 11.4 Å². The molecule has 1 nitrogen and oxygen atoms in total.